The number of hydrogen-bond donors (Lipinski definition) is 3. The van der Waals surface area contributed by atoms with Gasteiger partial charge in [-0.15, -0.1) is 0 Å². The highest BCUT2D eigenvalue weighted by atomic mass is 16.3. The summed E-state index contributed by atoms with van der Waals surface area (Å²) < 4.78 is 4.99. The molecule has 0 aliphatic carbocycles. The molecule has 7 nitrogen and oxygen atoms in total. The van der Waals surface area contributed by atoms with Crippen molar-refractivity contribution in [2.45, 2.75) is 0 Å². The molecule has 1 amide bonds. The lowest BCUT2D eigenvalue weighted by Crippen LogP contribution is -2.25. The van der Waals surface area contributed by atoms with E-state index in [0.717, 1.165) is 6.20 Å². The van der Waals surface area contributed by atoms with Crippen LogP contribution >= 0.6 is 0 Å². The van der Waals surface area contributed by atoms with Crippen molar-refractivity contribution < 1.29 is 9.21 Å². The number of furan rings is 1. The van der Waals surface area contributed by atoms with Gasteiger partial charge in [0.1, 0.15) is 11.4 Å². The maximum Gasteiger partial charge on any atom is 0.325 e. The number of amides is 1. The molecule has 7 heteroatoms. The van der Waals surface area contributed by atoms with Gasteiger partial charge in [0.25, 0.3) is 5.56 Å². The van der Waals surface area contributed by atoms with E-state index in [1.165, 1.54) is 18.4 Å². The van der Waals surface area contributed by atoms with Gasteiger partial charge in [-0.3, -0.25) is 14.6 Å². The number of aromatic amines is 2. The molecule has 2 rings (SSSR count). The Balaban J connectivity index is 2.08. The normalized spacial score (nSPS) is 10.7. The lowest BCUT2D eigenvalue weighted by atomic mass is 10.4. The quantitative estimate of drug-likeness (QED) is 0.678. The van der Waals surface area contributed by atoms with E-state index in [0.29, 0.717) is 5.76 Å². The molecule has 0 aliphatic rings. The fraction of sp³-hybridized carbons (Fsp3) is 0. The average Bonchev–Trinajstić information content (AvgIpc) is 2.83. The van der Waals surface area contributed by atoms with Gasteiger partial charge in [-0.1, -0.05) is 0 Å². The second-order valence-corrected chi connectivity index (χ2v) is 3.32. The fourth-order valence-electron chi connectivity index (χ4n) is 1.22. The average molecular weight is 247 g/mol. The summed E-state index contributed by atoms with van der Waals surface area (Å²) in [5.41, 5.74) is -1.34. The molecule has 3 N–H and O–H groups in total. The third-order valence-electron chi connectivity index (χ3n) is 2.02. The Labute approximate surface area is 100 Å². The zero-order valence-electron chi connectivity index (χ0n) is 9.10. The number of rotatable bonds is 3. The second kappa shape index (κ2) is 5.00. The van der Waals surface area contributed by atoms with Crippen LogP contribution < -0.4 is 16.6 Å². The van der Waals surface area contributed by atoms with E-state index in [2.05, 4.69) is 10.3 Å². The van der Waals surface area contributed by atoms with E-state index in [1.54, 1.807) is 12.1 Å². The van der Waals surface area contributed by atoms with Gasteiger partial charge in [0, 0.05) is 12.3 Å². The third kappa shape index (κ3) is 2.85. The van der Waals surface area contributed by atoms with Crippen LogP contribution in [0.1, 0.15) is 5.76 Å². The zero-order chi connectivity index (χ0) is 13.0. The molecule has 0 aromatic carbocycles. The van der Waals surface area contributed by atoms with Gasteiger partial charge in [-0.05, 0) is 18.2 Å². The predicted octanol–water partition coefficient (Wildman–Crippen LogP) is 0.308. The molecule has 0 spiro atoms. The second-order valence-electron chi connectivity index (χ2n) is 3.32. The smallest absolute Gasteiger partial charge is 0.325 e. The first-order valence-corrected chi connectivity index (χ1v) is 5.00. The van der Waals surface area contributed by atoms with Gasteiger partial charge >= 0.3 is 5.69 Å². The molecule has 2 heterocycles. The highest BCUT2D eigenvalue weighted by Gasteiger charge is 2.03. The number of carbonyl (C=O) groups is 1. The SMILES string of the molecule is O=C(/C=C/c1ccco1)Nc1c[nH]c(=O)[nH]c1=O. The monoisotopic (exact) mass is 247 g/mol. The maximum absolute atomic E-state index is 11.5. The molecule has 0 fully saturated rings. The van der Waals surface area contributed by atoms with Crippen LogP contribution in [-0.2, 0) is 4.79 Å². The molecule has 0 saturated carbocycles. The number of anilines is 1. The molecule has 0 atom stereocenters. The van der Waals surface area contributed by atoms with Gasteiger partial charge in [0.15, 0.2) is 0 Å². The van der Waals surface area contributed by atoms with E-state index >= 15 is 0 Å². The molecule has 18 heavy (non-hydrogen) atoms. The Hall–Kier alpha value is -2.83. The number of H-pyrrole nitrogens is 2. The zero-order valence-corrected chi connectivity index (χ0v) is 9.10. The number of hydrogen-bond acceptors (Lipinski definition) is 4. The van der Waals surface area contributed by atoms with Gasteiger partial charge < -0.3 is 14.7 Å². The minimum absolute atomic E-state index is 0.0382. The minimum atomic E-state index is -0.668. The summed E-state index contributed by atoms with van der Waals surface area (Å²) in [5, 5.41) is 2.32. The van der Waals surface area contributed by atoms with E-state index in [-0.39, 0.29) is 5.69 Å². The Morgan fingerprint density at radius 3 is 2.89 bits per heavy atom. The Morgan fingerprint density at radius 1 is 1.39 bits per heavy atom. The van der Waals surface area contributed by atoms with E-state index < -0.39 is 17.2 Å². The summed E-state index contributed by atoms with van der Waals surface area (Å²) in [6.07, 6.45) is 5.27. The highest BCUT2D eigenvalue weighted by molar-refractivity contribution is 6.01. The fourth-order valence-corrected chi connectivity index (χ4v) is 1.22. The summed E-state index contributed by atoms with van der Waals surface area (Å²) in [6, 6.07) is 3.36. The third-order valence-corrected chi connectivity index (χ3v) is 2.02. The molecule has 2 aromatic heterocycles. The first kappa shape index (κ1) is 11.6. The Kier molecular flexibility index (Phi) is 3.24. The first-order chi connectivity index (χ1) is 8.65. The van der Waals surface area contributed by atoms with Crippen LogP contribution in [0.15, 0.2) is 44.7 Å². The van der Waals surface area contributed by atoms with Gasteiger partial charge in [-0.25, -0.2) is 4.79 Å². The van der Waals surface area contributed by atoms with Crippen molar-refractivity contribution in [2.24, 2.45) is 0 Å². The van der Waals surface area contributed by atoms with Crippen LogP contribution in [0.5, 0.6) is 0 Å². The molecule has 0 unspecified atom stereocenters. The Bertz CT molecular complexity index is 679. The van der Waals surface area contributed by atoms with Crippen molar-refractivity contribution in [2.75, 3.05) is 5.32 Å². The topological polar surface area (TPSA) is 108 Å². The standard InChI is InChI=1S/C11H9N3O4/c15-9(4-3-7-2-1-5-18-7)13-8-6-12-11(17)14-10(8)16/h1-6H,(H,13,15)(H2,12,14,16,17)/b4-3+. The first-order valence-electron chi connectivity index (χ1n) is 5.00. The van der Waals surface area contributed by atoms with Crippen LogP contribution in [0.4, 0.5) is 5.69 Å². The number of aromatic nitrogens is 2. The molecule has 0 saturated heterocycles. The van der Waals surface area contributed by atoms with E-state index in [9.17, 15) is 14.4 Å². The molecule has 0 aliphatic heterocycles. The van der Waals surface area contributed by atoms with Crippen LogP contribution in [0.25, 0.3) is 6.08 Å². The van der Waals surface area contributed by atoms with Crippen LogP contribution in [0.2, 0.25) is 0 Å². The van der Waals surface area contributed by atoms with Crippen LogP contribution in [0, 0.1) is 0 Å². The van der Waals surface area contributed by atoms with Crippen molar-refractivity contribution in [3.05, 3.63) is 57.3 Å². The number of nitrogens with one attached hydrogen (secondary N) is 3. The lowest BCUT2D eigenvalue weighted by molar-refractivity contribution is -0.111. The van der Waals surface area contributed by atoms with Crippen LogP contribution in [0.3, 0.4) is 0 Å². The summed E-state index contributed by atoms with van der Waals surface area (Å²) in [6.45, 7) is 0. The van der Waals surface area contributed by atoms with Gasteiger partial charge in [-0.2, -0.15) is 0 Å². The Morgan fingerprint density at radius 2 is 2.22 bits per heavy atom. The van der Waals surface area contributed by atoms with Crippen LogP contribution in [-0.4, -0.2) is 15.9 Å². The molecule has 0 radical (unpaired) electrons. The van der Waals surface area contributed by atoms with Gasteiger partial charge in [0.2, 0.25) is 5.91 Å². The minimum Gasteiger partial charge on any atom is -0.465 e. The van der Waals surface area contributed by atoms with Crippen molar-refractivity contribution in [3.8, 4) is 0 Å². The maximum atomic E-state index is 11.5. The van der Waals surface area contributed by atoms with Crippen molar-refractivity contribution in [3.63, 3.8) is 0 Å². The predicted molar refractivity (Wildman–Crippen MR) is 64.1 cm³/mol. The molecular weight excluding hydrogens is 238 g/mol. The van der Waals surface area contributed by atoms with E-state index in [1.807, 2.05) is 4.98 Å². The van der Waals surface area contributed by atoms with E-state index in [4.69, 9.17) is 4.42 Å². The highest BCUT2D eigenvalue weighted by Crippen LogP contribution is 2.02. The summed E-state index contributed by atoms with van der Waals surface area (Å²) in [4.78, 5) is 37.7. The summed E-state index contributed by atoms with van der Waals surface area (Å²) in [5.74, 6) is 0.00415. The number of carbonyl (C=O) groups excluding carboxylic acids is 1. The summed E-state index contributed by atoms with van der Waals surface area (Å²) in [7, 11) is 0. The van der Waals surface area contributed by atoms with Crippen molar-refractivity contribution in [1.29, 1.82) is 0 Å². The van der Waals surface area contributed by atoms with Crippen molar-refractivity contribution >= 4 is 17.7 Å². The molecular formula is C11H9N3O4. The summed E-state index contributed by atoms with van der Waals surface area (Å²) >= 11 is 0. The lowest BCUT2D eigenvalue weighted by Gasteiger charge is -1.98. The molecule has 92 valence electrons. The largest absolute Gasteiger partial charge is 0.465 e. The van der Waals surface area contributed by atoms with Gasteiger partial charge in [0.05, 0.1) is 6.26 Å². The van der Waals surface area contributed by atoms with Crippen molar-refractivity contribution in [1.82, 2.24) is 9.97 Å². The molecule has 2 aromatic rings. The molecule has 0 bridgehead atoms.